The Morgan fingerprint density at radius 1 is 1.06 bits per heavy atom. The predicted octanol–water partition coefficient (Wildman–Crippen LogP) is 3.20. The summed E-state index contributed by atoms with van der Waals surface area (Å²) in [4.78, 5) is 0. The quantitative estimate of drug-likeness (QED) is 0.645. The van der Waals surface area contributed by atoms with E-state index in [1.807, 2.05) is 37.3 Å². The first-order chi connectivity index (χ1) is 8.22. The fourth-order valence-electron chi connectivity index (χ4n) is 1.88. The van der Waals surface area contributed by atoms with Crippen molar-refractivity contribution in [2.45, 2.75) is 13.0 Å². The van der Waals surface area contributed by atoms with Crippen molar-refractivity contribution in [3.05, 3.63) is 70.2 Å². The highest BCUT2D eigenvalue weighted by atomic mass is 35.5. The summed E-state index contributed by atoms with van der Waals surface area (Å²) in [5, 5.41) is 0.776. The molecular weight excluding hydrogens is 232 g/mol. The van der Waals surface area contributed by atoms with Crippen LogP contribution in [0.5, 0.6) is 0 Å². The minimum atomic E-state index is -0.00725. The van der Waals surface area contributed by atoms with Crippen LogP contribution in [0, 0.1) is 6.92 Å². The zero-order chi connectivity index (χ0) is 12.3. The number of hydrogen-bond donors (Lipinski definition) is 2. The number of rotatable bonds is 3. The number of nitrogens with one attached hydrogen (secondary N) is 1. The van der Waals surface area contributed by atoms with Crippen molar-refractivity contribution in [1.82, 2.24) is 5.43 Å². The van der Waals surface area contributed by atoms with Gasteiger partial charge in [-0.2, -0.15) is 0 Å². The lowest BCUT2D eigenvalue weighted by Crippen LogP contribution is -2.28. The molecule has 2 nitrogen and oxygen atoms in total. The minimum Gasteiger partial charge on any atom is -0.271 e. The second kappa shape index (κ2) is 5.32. The molecule has 0 bridgehead atoms. The van der Waals surface area contributed by atoms with Gasteiger partial charge in [0.05, 0.1) is 6.04 Å². The Labute approximate surface area is 106 Å². The van der Waals surface area contributed by atoms with Crippen LogP contribution in [0.3, 0.4) is 0 Å². The lowest BCUT2D eigenvalue weighted by molar-refractivity contribution is 0.636. The highest BCUT2D eigenvalue weighted by Gasteiger charge is 2.12. The first-order valence-corrected chi connectivity index (χ1v) is 5.87. The molecule has 0 amide bonds. The van der Waals surface area contributed by atoms with Crippen molar-refractivity contribution in [3.8, 4) is 0 Å². The lowest BCUT2D eigenvalue weighted by Gasteiger charge is -2.17. The molecule has 0 spiro atoms. The normalized spacial score (nSPS) is 12.4. The van der Waals surface area contributed by atoms with Gasteiger partial charge < -0.3 is 0 Å². The van der Waals surface area contributed by atoms with Crippen LogP contribution in [-0.4, -0.2) is 0 Å². The molecule has 17 heavy (non-hydrogen) atoms. The molecule has 2 rings (SSSR count). The van der Waals surface area contributed by atoms with Crippen LogP contribution in [0.25, 0.3) is 0 Å². The van der Waals surface area contributed by atoms with Crippen LogP contribution in [0.4, 0.5) is 0 Å². The Bertz CT molecular complexity index is 497. The molecule has 3 heteroatoms. The van der Waals surface area contributed by atoms with Gasteiger partial charge in [-0.25, -0.2) is 5.43 Å². The summed E-state index contributed by atoms with van der Waals surface area (Å²) in [6, 6.07) is 16.0. The van der Waals surface area contributed by atoms with E-state index >= 15 is 0 Å². The van der Waals surface area contributed by atoms with Crippen molar-refractivity contribution >= 4 is 11.6 Å². The Hall–Kier alpha value is -1.35. The zero-order valence-corrected chi connectivity index (χ0v) is 10.4. The number of hydrogen-bond acceptors (Lipinski definition) is 2. The van der Waals surface area contributed by atoms with Crippen LogP contribution in [0.2, 0.25) is 5.02 Å². The maximum absolute atomic E-state index is 6.02. The maximum atomic E-state index is 6.02. The average molecular weight is 247 g/mol. The van der Waals surface area contributed by atoms with Crippen molar-refractivity contribution in [1.29, 1.82) is 0 Å². The molecule has 3 N–H and O–H groups in total. The van der Waals surface area contributed by atoms with Gasteiger partial charge in [0.1, 0.15) is 0 Å². The van der Waals surface area contributed by atoms with E-state index in [2.05, 4.69) is 23.6 Å². The van der Waals surface area contributed by atoms with E-state index < -0.39 is 0 Å². The molecule has 2 aromatic rings. The van der Waals surface area contributed by atoms with Gasteiger partial charge in [0.2, 0.25) is 0 Å². The molecule has 0 saturated carbocycles. The molecule has 0 fully saturated rings. The molecule has 0 aliphatic carbocycles. The molecule has 0 aromatic heterocycles. The van der Waals surface area contributed by atoms with E-state index in [1.54, 1.807) is 0 Å². The fourth-order valence-corrected chi connectivity index (χ4v) is 2.00. The highest BCUT2D eigenvalue weighted by Crippen LogP contribution is 2.25. The first-order valence-electron chi connectivity index (χ1n) is 5.49. The van der Waals surface area contributed by atoms with Gasteiger partial charge in [0.15, 0.2) is 0 Å². The third-order valence-corrected chi connectivity index (χ3v) is 3.24. The Kier molecular flexibility index (Phi) is 3.79. The largest absolute Gasteiger partial charge is 0.271 e. The van der Waals surface area contributed by atoms with Crippen molar-refractivity contribution in [2.75, 3.05) is 0 Å². The van der Waals surface area contributed by atoms with Gasteiger partial charge in [-0.05, 0) is 29.7 Å². The third kappa shape index (κ3) is 2.67. The molecule has 0 aliphatic heterocycles. The summed E-state index contributed by atoms with van der Waals surface area (Å²) in [7, 11) is 0. The van der Waals surface area contributed by atoms with Gasteiger partial charge in [-0.15, -0.1) is 0 Å². The molecule has 88 valence electrons. The first kappa shape index (κ1) is 12.1. The molecule has 0 radical (unpaired) electrons. The number of halogens is 1. The minimum absolute atomic E-state index is 0.00725. The van der Waals surface area contributed by atoms with Crippen molar-refractivity contribution < 1.29 is 0 Å². The van der Waals surface area contributed by atoms with Gasteiger partial charge >= 0.3 is 0 Å². The van der Waals surface area contributed by atoms with Crippen molar-refractivity contribution in [3.63, 3.8) is 0 Å². The second-order valence-electron chi connectivity index (χ2n) is 4.02. The maximum Gasteiger partial charge on any atom is 0.0710 e. The molecule has 0 saturated heterocycles. The Balaban J connectivity index is 2.39. The van der Waals surface area contributed by atoms with E-state index in [9.17, 15) is 0 Å². The Morgan fingerprint density at radius 3 is 2.35 bits per heavy atom. The molecule has 2 aromatic carbocycles. The van der Waals surface area contributed by atoms with Crippen molar-refractivity contribution in [2.24, 2.45) is 5.84 Å². The van der Waals surface area contributed by atoms with E-state index in [4.69, 9.17) is 17.4 Å². The smallest absolute Gasteiger partial charge is 0.0710 e. The molecule has 0 aliphatic rings. The predicted molar refractivity (Wildman–Crippen MR) is 71.8 cm³/mol. The number of nitrogens with two attached hydrogens (primary N) is 1. The molecule has 1 atom stereocenters. The van der Waals surface area contributed by atoms with E-state index in [0.717, 1.165) is 21.7 Å². The van der Waals surface area contributed by atoms with E-state index in [0.29, 0.717) is 0 Å². The highest BCUT2D eigenvalue weighted by molar-refractivity contribution is 6.31. The van der Waals surface area contributed by atoms with Crippen LogP contribution in [0.15, 0.2) is 48.5 Å². The zero-order valence-electron chi connectivity index (χ0n) is 9.65. The Morgan fingerprint density at radius 2 is 1.76 bits per heavy atom. The average Bonchev–Trinajstić information content (AvgIpc) is 2.36. The van der Waals surface area contributed by atoms with Gasteiger partial charge in [-0.3, -0.25) is 5.84 Å². The van der Waals surface area contributed by atoms with Crippen LogP contribution in [0.1, 0.15) is 22.7 Å². The van der Waals surface area contributed by atoms with E-state index in [1.165, 1.54) is 0 Å². The summed E-state index contributed by atoms with van der Waals surface area (Å²) in [6.07, 6.45) is 0. The lowest BCUT2D eigenvalue weighted by atomic mass is 9.98. The topological polar surface area (TPSA) is 38.0 Å². The third-order valence-electron chi connectivity index (χ3n) is 2.81. The summed E-state index contributed by atoms with van der Waals surface area (Å²) < 4.78 is 0. The summed E-state index contributed by atoms with van der Waals surface area (Å²) in [5.41, 5.74) is 6.14. The molecule has 0 heterocycles. The van der Waals surface area contributed by atoms with Crippen LogP contribution >= 0.6 is 11.6 Å². The van der Waals surface area contributed by atoms with Gasteiger partial charge in [-0.1, -0.05) is 54.1 Å². The second-order valence-corrected chi connectivity index (χ2v) is 4.43. The molecule has 1 unspecified atom stereocenters. The fraction of sp³-hybridized carbons (Fsp3) is 0.143. The monoisotopic (exact) mass is 246 g/mol. The van der Waals surface area contributed by atoms with Gasteiger partial charge in [0, 0.05) is 5.02 Å². The van der Waals surface area contributed by atoms with Gasteiger partial charge in [0.25, 0.3) is 0 Å². The standard InChI is InChI=1S/C14H15ClN2/c1-10-9-12(7-8-13(10)15)14(17-16)11-5-3-2-4-6-11/h2-9,14,17H,16H2,1H3. The molecular formula is C14H15ClN2. The number of aryl methyl sites for hydroxylation is 1. The van der Waals surface area contributed by atoms with Crippen LogP contribution in [-0.2, 0) is 0 Å². The number of hydrazine groups is 1. The number of benzene rings is 2. The summed E-state index contributed by atoms with van der Waals surface area (Å²) >= 11 is 6.02. The van der Waals surface area contributed by atoms with Crippen LogP contribution < -0.4 is 11.3 Å². The summed E-state index contributed by atoms with van der Waals surface area (Å²) in [6.45, 7) is 1.99. The SMILES string of the molecule is Cc1cc(C(NN)c2ccccc2)ccc1Cl. The summed E-state index contributed by atoms with van der Waals surface area (Å²) in [5.74, 6) is 5.64. The van der Waals surface area contributed by atoms with E-state index in [-0.39, 0.29) is 6.04 Å².